The lowest BCUT2D eigenvalue weighted by molar-refractivity contribution is 0.456. The van der Waals surface area contributed by atoms with Crippen LogP contribution in [0.15, 0.2) is 58.5 Å². The van der Waals surface area contributed by atoms with Gasteiger partial charge in [-0.25, -0.2) is 13.2 Å². The number of imidazole rings is 1. The number of nitrogens with one attached hydrogen (secondary N) is 1. The average molecular weight is 439 g/mol. The summed E-state index contributed by atoms with van der Waals surface area (Å²) in [6, 6.07) is 12.2. The molecule has 1 atom stereocenters. The normalized spacial score (nSPS) is 16.4. The average Bonchev–Trinajstić information content (AvgIpc) is 3.32. The van der Waals surface area contributed by atoms with Crippen LogP contribution in [-0.4, -0.2) is 32.3 Å². The number of fused-ring (bicyclic) bond motifs is 2. The molecule has 2 aromatic carbocycles. The fourth-order valence-electron chi connectivity index (χ4n) is 4.22. The molecule has 2 aromatic heterocycles. The minimum Gasteiger partial charge on any atom is -0.317 e. The van der Waals surface area contributed by atoms with E-state index in [4.69, 9.17) is 0 Å². The van der Waals surface area contributed by atoms with Gasteiger partial charge in [-0.2, -0.15) is 0 Å². The summed E-state index contributed by atoms with van der Waals surface area (Å²) >= 11 is 0. The van der Waals surface area contributed by atoms with Crippen LogP contribution in [0, 0.1) is 0 Å². The van der Waals surface area contributed by atoms with E-state index < -0.39 is 10.0 Å². The maximum atomic E-state index is 12.9. The third-order valence-corrected chi connectivity index (χ3v) is 7.40. The van der Waals surface area contributed by atoms with Crippen molar-refractivity contribution >= 4 is 26.7 Å². The van der Waals surface area contributed by atoms with E-state index in [0.717, 1.165) is 30.8 Å². The Morgan fingerprint density at radius 3 is 2.55 bits per heavy atom. The molecule has 0 saturated heterocycles. The molecule has 1 N–H and O–H groups in total. The number of aryl methyl sites for hydroxylation is 3. The highest BCUT2D eigenvalue weighted by Gasteiger charge is 2.22. The van der Waals surface area contributed by atoms with Crippen LogP contribution in [0.3, 0.4) is 0 Å². The van der Waals surface area contributed by atoms with E-state index in [2.05, 4.69) is 19.5 Å². The number of sulfonamides is 1. The highest BCUT2D eigenvalue weighted by molar-refractivity contribution is 7.92. The Labute approximate surface area is 179 Å². The standard InChI is InChI=1S/C21H22N6O3S/c1-25-18-9-8-17(11-19(18)26(2)21(25)28)31(29,30)24-16-6-3-14(4-7-16)15-5-10-20-23-22-13-27(20)12-15/h3-4,6-9,11,13,15,24H,5,10,12H2,1-2H3/t15-/m1/s1. The van der Waals surface area contributed by atoms with Crippen LogP contribution in [0.5, 0.6) is 0 Å². The number of benzene rings is 2. The van der Waals surface area contributed by atoms with Crippen LogP contribution in [0.2, 0.25) is 0 Å². The van der Waals surface area contributed by atoms with Crippen molar-refractivity contribution in [3.8, 4) is 0 Å². The number of rotatable bonds is 4. The van der Waals surface area contributed by atoms with Gasteiger partial charge in [-0.05, 0) is 42.3 Å². The van der Waals surface area contributed by atoms with Gasteiger partial charge in [0.15, 0.2) is 0 Å². The predicted molar refractivity (Wildman–Crippen MR) is 116 cm³/mol. The lowest BCUT2D eigenvalue weighted by atomic mass is 9.91. The smallest absolute Gasteiger partial charge is 0.317 e. The first-order valence-corrected chi connectivity index (χ1v) is 11.5. The molecule has 1 aliphatic heterocycles. The summed E-state index contributed by atoms with van der Waals surface area (Å²) in [5.74, 6) is 1.35. The molecule has 0 bridgehead atoms. The molecular weight excluding hydrogens is 416 g/mol. The van der Waals surface area contributed by atoms with Crippen molar-refractivity contribution in [2.75, 3.05) is 4.72 Å². The molecule has 9 nitrogen and oxygen atoms in total. The van der Waals surface area contributed by atoms with Gasteiger partial charge in [0.25, 0.3) is 10.0 Å². The SMILES string of the molecule is Cn1c(=O)n(C)c2cc(S(=O)(=O)Nc3ccc([C@@H]4CCc5nncn5C4)cc3)ccc21. The van der Waals surface area contributed by atoms with Crippen LogP contribution in [0.25, 0.3) is 11.0 Å². The van der Waals surface area contributed by atoms with Gasteiger partial charge in [0.2, 0.25) is 0 Å². The maximum absolute atomic E-state index is 12.9. The summed E-state index contributed by atoms with van der Waals surface area (Å²) in [4.78, 5) is 12.2. The molecule has 31 heavy (non-hydrogen) atoms. The zero-order chi connectivity index (χ0) is 21.8. The summed E-state index contributed by atoms with van der Waals surface area (Å²) in [5.41, 5.74) is 2.69. The van der Waals surface area contributed by atoms with Crippen molar-refractivity contribution in [1.82, 2.24) is 23.9 Å². The van der Waals surface area contributed by atoms with Crippen LogP contribution in [0.4, 0.5) is 5.69 Å². The summed E-state index contributed by atoms with van der Waals surface area (Å²) in [6.07, 6.45) is 3.62. The maximum Gasteiger partial charge on any atom is 0.328 e. The fraction of sp³-hybridized carbons (Fsp3) is 0.286. The Balaban J connectivity index is 1.37. The Morgan fingerprint density at radius 1 is 1.03 bits per heavy atom. The second kappa shape index (κ2) is 7.09. The van der Waals surface area contributed by atoms with Crippen molar-refractivity contribution in [2.24, 2.45) is 14.1 Å². The summed E-state index contributed by atoms with van der Waals surface area (Å²) in [5, 5.41) is 8.08. The third-order valence-electron chi connectivity index (χ3n) is 6.02. The number of hydrogen-bond donors (Lipinski definition) is 1. The van der Waals surface area contributed by atoms with Crippen molar-refractivity contribution in [3.05, 3.63) is 70.7 Å². The minimum atomic E-state index is -3.79. The van der Waals surface area contributed by atoms with E-state index in [0.29, 0.717) is 22.6 Å². The van der Waals surface area contributed by atoms with E-state index >= 15 is 0 Å². The van der Waals surface area contributed by atoms with Gasteiger partial charge in [0, 0.05) is 38.7 Å². The minimum absolute atomic E-state index is 0.109. The van der Waals surface area contributed by atoms with E-state index in [1.807, 2.05) is 12.1 Å². The molecule has 5 rings (SSSR count). The van der Waals surface area contributed by atoms with Crippen LogP contribution >= 0.6 is 0 Å². The van der Waals surface area contributed by atoms with Crippen molar-refractivity contribution in [3.63, 3.8) is 0 Å². The molecule has 0 saturated carbocycles. The van der Waals surface area contributed by atoms with Gasteiger partial charge in [-0.1, -0.05) is 12.1 Å². The van der Waals surface area contributed by atoms with Gasteiger partial charge < -0.3 is 4.57 Å². The first-order chi connectivity index (χ1) is 14.8. The molecule has 3 heterocycles. The molecule has 1 aliphatic rings. The van der Waals surface area contributed by atoms with Crippen LogP contribution in [-0.2, 0) is 37.1 Å². The molecular formula is C21H22N6O3S. The molecule has 0 fully saturated rings. The first kappa shape index (κ1) is 19.6. The molecule has 0 radical (unpaired) electrons. The highest BCUT2D eigenvalue weighted by atomic mass is 32.2. The van der Waals surface area contributed by atoms with Gasteiger partial charge in [0.05, 0.1) is 15.9 Å². The quantitative estimate of drug-likeness (QED) is 0.525. The fourth-order valence-corrected chi connectivity index (χ4v) is 5.30. The Kier molecular flexibility index (Phi) is 4.47. The van der Waals surface area contributed by atoms with Gasteiger partial charge in [0.1, 0.15) is 12.2 Å². The number of hydrogen-bond acceptors (Lipinski definition) is 5. The Bertz CT molecular complexity index is 1450. The van der Waals surface area contributed by atoms with Crippen molar-refractivity contribution in [1.29, 1.82) is 0 Å². The monoisotopic (exact) mass is 438 g/mol. The van der Waals surface area contributed by atoms with E-state index in [9.17, 15) is 13.2 Å². The highest BCUT2D eigenvalue weighted by Crippen LogP contribution is 2.29. The molecule has 0 amide bonds. The number of aromatic nitrogens is 5. The third kappa shape index (κ3) is 3.32. The Morgan fingerprint density at radius 2 is 1.77 bits per heavy atom. The van der Waals surface area contributed by atoms with Crippen molar-refractivity contribution < 1.29 is 8.42 Å². The summed E-state index contributed by atoms with van der Waals surface area (Å²) in [7, 11) is -0.503. The summed E-state index contributed by atoms with van der Waals surface area (Å²) in [6.45, 7) is 0.823. The van der Waals surface area contributed by atoms with Crippen LogP contribution in [0.1, 0.15) is 23.7 Å². The van der Waals surface area contributed by atoms with E-state index in [-0.39, 0.29) is 10.6 Å². The molecule has 0 unspecified atom stereocenters. The van der Waals surface area contributed by atoms with E-state index in [1.54, 1.807) is 38.6 Å². The van der Waals surface area contributed by atoms with Crippen molar-refractivity contribution in [2.45, 2.75) is 30.2 Å². The first-order valence-electron chi connectivity index (χ1n) is 9.98. The molecule has 160 valence electrons. The van der Waals surface area contributed by atoms with E-state index in [1.165, 1.54) is 21.3 Å². The molecule has 10 heteroatoms. The molecule has 4 aromatic rings. The number of nitrogens with zero attached hydrogens (tertiary/aromatic N) is 5. The second-order valence-corrected chi connectivity index (χ2v) is 9.60. The lowest BCUT2D eigenvalue weighted by Crippen LogP contribution is -2.19. The van der Waals surface area contributed by atoms with Gasteiger partial charge in [-0.3, -0.25) is 13.9 Å². The molecule has 0 aliphatic carbocycles. The van der Waals surface area contributed by atoms with Crippen LogP contribution < -0.4 is 10.4 Å². The topological polar surface area (TPSA) is 104 Å². The van der Waals surface area contributed by atoms with Gasteiger partial charge >= 0.3 is 5.69 Å². The largest absolute Gasteiger partial charge is 0.328 e. The summed E-state index contributed by atoms with van der Waals surface area (Å²) < 4.78 is 33.5. The predicted octanol–water partition coefficient (Wildman–Crippen LogP) is 2.00. The number of anilines is 1. The zero-order valence-corrected chi connectivity index (χ0v) is 18.0. The van der Waals surface area contributed by atoms with Gasteiger partial charge in [-0.15, -0.1) is 10.2 Å². The molecule has 0 spiro atoms. The lowest BCUT2D eigenvalue weighted by Gasteiger charge is -2.23. The Hall–Kier alpha value is -3.40. The second-order valence-electron chi connectivity index (χ2n) is 7.91. The zero-order valence-electron chi connectivity index (χ0n) is 17.2.